The maximum atomic E-state index is 11.7. The van der Waals surface area contributed by atoms with Gasteiger partial charge >= 0.3 is 5.97 Å². The molecule has 31 heavy (non-hydrogen) atoms. The van der Waals surface area contributed by atoms with Crippen molar-refractivity contribution in [2.45, 2.75) is 42.4 Å². The van der Waals surface area contributed by atoms with Crippen LogP contribution >= 0.6 is 35.0 Å². The Labute approximate surface area is 191 Å². The van der Waals surface area contributed by atoms with E-state index in [-0.39, 0.29) is 5.15 Å². The van der Waals surface area contributed by atoms with Crippen LogP contribution < -0.4 is 0 Å². The molecule has 0 unspecified atom stereocenters. The minimum atomic E-state index is -1.23. The van der Waals surface area contributed by atoms with E-state index in [1.807, 2.05) is 12.1 Å². The fraction of sp³-hybridized carbons (Fsp3) is 0.368. The van der Waals surface area contributed by atoms with Crippen molar-refractivity contribution in [1.29, 1.82) is 0 Å². The summed E-state index contributed by atoms with van der Waals surface area (Å²) in [5.41, 5.74) is 1.70. The molecule has 3 heterocycles. The lowest BCUT2D eigenvalue weighted by Crippen LogP contribution is -2.36. The molecule has 164 valence electrons. The number of imidazole rings is 1. The van der Waals surface area contributed by atoms with E-state index in [9.17, 15) is 15.0 Å². The normalized spacial score (nSPS) is 23.4. The number of carbonyl (C=O) groups excluding carboxylic acids is 1. The summed E-state index contributed by atoms with van der Waals surface area (Å²) in [7, 11) is 0. The first-order valence-electron chi connectivity index (χ1n) is 9.26. The van der Waals surface area contributed by atoms with E-state index in [2.05, 4.69) is 15.0 Å². The van der Waals surface area contributed by atoms with Gasteiger partial charge in [-0.05, 0) is 17.7 Å². The standard InChI is InChI=1S/C19H18Cl2N4O5S/c1-9(27)29-15-14(28)12(6-26)30-18(15)25-17-13(16(21)22-8-23-17)24-19(25)31-7-10-2-4-11(20)5-3-10/h2-5,8,12,14-15,18,26,28H,6-7H2,1H3/t12-,14-,15-,18-/m1/s1. The number of rotatable bonds is 6. The van der Waals surface area contributed by atoms with Gasteiger partial charge < -0.3 is 19.7 Å². The molecule has 3 aromatic rings. The molecule has 9 nitrogen and oxygen atoms in total. The van der Waals surface area contributed by atoms with Crippen molar-refractivity contribution in [3.63, 3.8) is 0 Å². The van der Waals surface area contributed by atoms with Gasteiger partial charge in [0.2, 0.25) is 0 Å². The summed E-state index contributed by atoms with van der Waals surface area (Å²) < 4.78 is 12.8. The lowest BCUT2D eigenvalue weighted by atomic mass is 10.1. The Bertz CT molecular complexity index is 1100. The highest BCUT2D eigenvalue weighted by Crippen LogP contribution is 2.38. The molecule has 4 rings (SSSR count). The first kappa shape index (κ1) is 22.3. The van der Waals surface area contributed by atoms with Gasteiger partial charge in [-0.1, -0.05) is 47.1 Å². The van der Waals surface area contributed by atoms with Gasteiger partial charge in [0, 0.05) is 17.7 Å². The number of aliphatic hydroxyl groups is 2. The number of halogens is 2. The van der Waals surface area contributed by atoms with E-state index in [0.717, 1.165) is 5.56 Å². The lowest BCUT2D eigenvalue weighted by Gasteiger charge is -2.22. The van der Waals surface area contributed by atoms with Gasteiger partial charge in [-0.2, -0.15) is 0 Å². The van der Waals surface area contributed by atoms with E-state index in [0.29, 0.717) is 27.1 Å². The number of benzene rings is 1. The number of hydrogen-bond donors (Lipinski definition) is 2. The highest BCUT2D eigenvalue weighted by Gasteiger charge is 2.48. The van der Waals surface area contributed by atoms with E-state index >= 15 is 0 Å². The summed E-state index contributed by atoms with van der Waals surface area (Å²) in [6, 6.07) is 7.38. The second-order valence-electron chi connectivity index (χ2n) is 6.83. The minimum Gasteiger partial charge on any atom is -0.455 e. The zero-order valence-corrected chi connectivity index (χ0v) is 18.5. The molecule has 0 bridgehead atoms. The van der Waals surface area contributed by atoms with Crippen molar-refractivity contribution in [1.82, 2.24) is 19.5 Å². The van der Waals surface area contributed by atoms with Crippen LogP contribution in [0, 0.1) is 0 Å². The molecule has 1 aliphatic heterocycles. The summed E-state index contributed by atoms with van der Waals surface area (Å²) in [4.78, 5) is 24.5. The van der Waals surface area contributed by atoms with Crippen LogP contribution in [0.2, 0.25) is 10.2 Å². The van der Waals surface area contributed by atoms with Gasteiger partial charge in [0.1, 0.15) is 24.1 Å². The van der Waals surface area contributed by atoms with Crippen LogP contribution in [0.5, 0.6) is 0 Å². The quantitative estimate of drug-likeness (QED) is 0.309. The molecule has 4 atom stereocenters. The van der Waals surface area contributed by atoms with Crippen molar-refractivity contribution in [3.05, 3.63) is 46.3 Å². The molecule has 1 fully saturated rings. The predicted octanol–water partition coefficient (Wildman–Crippen LogP) is 2.61. The molecule has 2 N–H and O–H groups in total. The summed E-state index contributed by atoms with van der Waals surface area (Å²) in [5, 5.41) is 21.4. The molecule has 0 radical (unpaired) electrons. The maximum Gasteiger partial charge on any atom is 0.303 e. The topological polar surface area (TPSA) is 120 Å². The Hall–Kier alpha value is -1.95. The van der Waals surface area contributed by atoms with E-state index in [1.54, 1.807) is 16.7 Å². The number of esters is 1. The number of ether oxygens (including phenoxy) is 2. The van der Waals surface area contributed by atoms with E-state index in [4.69, 9.17) is 32.7 Å². The van der Waals surface area contributed by atoms with Crippen LogP contribution in [0.25, 0.3) is 11.2 Å². The fourth-order valence-electron chi connectivity index (χ4n) is 3.32. The monoisotopic (exact) mass is 484 g/mol. The number of nitrogens with zero attached hydrogens (tertiary/aromatic N) is 4. The maximum absolute atomic E-state index is 11.7. The minimum absolute atomic E-state index is 0.151. The highest BCUT2D eigenvalue weighted by atomic mass is 35.5. The summed E-state index contributed by atoms with van der Waals surface area (Å²) in [5.74, 6) is -0.0497. The van der Waals surface area contributed by atoms with Crippen molar-refractivity contribution in [3.8, 4) is 0 Å². The Morgan fingerprint density at radius 3 is 2.71 bits per heavy atom. The number of hydrogen-bond acceptors (Lipinski definition) is 9. The van der Waals surface area contributed by atoms with Crippen LogP contribution in [0.15, 0.2) is 35.7 Å². The molecular formula is C19H18Cl2N4O5S. The number of aliphatic hydroxyl groups excluding tert-OH is 2. The van der Waals surface area contributed by atoms with Crippen molar-refractivity contribution in [2.24, 2.45) is 0 Å². The Morgan fingerprint density at radius 1 is 1.29 bits per heavy atom. The van der Waals surface area contributed by atoms with Gasteiger partial charge in [-0.15, -0.1) is 0 Å². The second kappa shape index (κ2) is 9.27. The van der Waals surface area contributed by atoms with Gasteiger partial charge in [-0.3, -0.25) is 9.36 Å². The molecule has 0 amide bonds. The fourth-order valence-corrected chi connectivity index (χ4v) is 4.59. The number of carbonyl (C=O) groups is 1. The van der Waals surface area contributed by atoms with Crippen molar-refractivity contribution >= 4 is 52.1 Å². The Kier molecular flexibility index (Phi) is 6.65. The molecule has 1 saturated heterocycles. The number of thioether (sulfide) groups is 1. The van der Waals surface area contributed by atoms with Crippen molar-refractivity contribution in [2.75, 3.05) is 6.61 Å². The Morgan fingerprint density at radius 2 is 2.03 bits per heavy atom. The van der Waals surface area contributed by atoms with E-state index < -0.39 is 37.1 Å². The van der Waals surface area contributed by atoms with Gasteiger partial charge in [0.25, 0.3) is 0 Å². The third kappa shape index (κ3) is 4.50. The van der Waals surface area contributed by atoms with Gasteiger partial charge in [-0.25, -0.2) is 15.0 Å². The second-order valence-corrected chi connectivity index (χ2v) is 8.57. The highest BCUT2D eigenvalue weighted by molar-refractivity contribution is 7.98. The van der Waals surface area contributed by atoms with E-state index in [1.165, 1.54) is 25.0 Å². The first-order valence-corrected chi connectivity index (χ1v) is 11.0. The van der Waals surface area contributed by atoms with Crippen LogP contribution in [0.4, 0.5) is 0 Å². The van der Waals surface area contributed by atoms with Crippen LogP contribution in [0.3, 0.4) is 0 Å². The summed E-state index contributed by atoms with van der Waals surface area (Å²) in [6.45, 7) is 0.780. The molecule has 12 heteroatoms. The zero-order valence-electron chi connectivity index (χ0n) is 16.2. The number of fused-ring (bicyclic) bond motifs is 1. The molecular weight excluding hydrogens is 467 g/mol. The van der Waals surface area contributed by atoms with Crippen LogP contribution in [-0.2, 0) is 20.0 Å². The molecule has 0 spiro atoms. The molecule has 1 aromatic carbocycles. The van der Waals surface area contributed by atoms with Crippen LogP contribution in [-0.4, -0.2) is 60.6 Å². The average molecular weight is 485 g/mol. The molecule has 0 saturated carbocycles. The average Bonchev–Trinajstić information content (AvgIpc) is 3.26. The molecule has 2 aromatic heterocycles. The largest absolute Gasteiger partial charge is 0.455 e. The third-order valence-corrected chi connectivity index (χ3v) is 6.28. The third-order valence-electron chi connectivity index (χ3n) is 4.73. The SMILES string of the molecule is CC(=O)O[C@@H]1[C@H](O)[C@@H](CO)O[C@H]1n1c(SCc2ccc(Cl)cc2)nc2c(Cl)ncnc21. The predicted molar refractivity (Wildman–Crippen MR) is 114 cm³/mol. The summed E-state index contributed by atoms with van der Waals surface area (Å²) in [6.07, 6.45) is -2.94. The smallest absolute Gasteiger partial charge is 0.303 e. The molecule has 1 aliphatic rings. The van der Waals surface area contributed by atoms with Gasteiger partial charge in [0.15, 0.2) is 28.3 Å². The molecule has 0 aliphatic carbocycles. The van der Waals surface area contributed by atoms with Crippen LogP contribution in [0.1, 0.15) is 18.7 Å². The van der Waals surface area contributed by atoms with Gasteiger partial charge in [0.05, 0.1) is 6.61 Å². The Balaban J connectivity index is 1.75. The first-order chi connectivity index (χ1) is 14.9. The number of aromatic nitrogens is 4. The lowest BCUT2D eigenvalue weighted by molar-refractivity contribution is -0.156. The zero-order chi connectivity index (χ0) is 22.1. The summed E-state index contributed by atoms with van der Waals surface area (Å²) >= 11 is 13.6. The van der Waals surface area contributed by atoms with Crippen molar-refractivity contribution < 1.29 is 24.5 Å².